The summed E-state index contributed by atoms with van der Waals surface area (Å²) in [6.07, 6.45) is -0.0345. The number of rotatable bonds is 6. The molecular weight excluding hydrogens is 345 g/mol. The van der Waals surface area contributed by atoms with Gasteiger partial charge in [-0.1, -0.05) is 17.7 Å². The van der Waals surface area contributed by atoms with E-state index in [0.29, 0.717) is 36.9 Å². The van der Waals surface area contributed by atoms with Gasteiger partial charge in [0.05, 0.1) is 19.3 Å². The Morgan fingerprint density at radius 2 is 1.96 bits per heavy atom. The summed E-state index contributed by atoms with van der Waals surface area (Å²) in [5.41, 5.74) is 1.36. The third kappa shape index (κ3) is 4.30. The van der Waals surface area contributed by atoms with Crippen LogP contribution < -0.4 is 4.74 Å². The van der Waals surface area contributed by atoms with Gasteiger partial charge in [0.15, 0.2) is 0 Å². The van der Waals surface area contributed by atoms with Crippen molar-refractivity contribution in [3.05, 3.63) is 64.4 Å². The molecule has 1 aliphatic rings. The van der Waals surface area contributed by atoms with E-state index in [0.717, 1.165) is 11.3 Å². The Bertz CT molecular complexity index is 745. The summed E-state index contributed by atoms with van der Waals surface area (Å²) in [6.45, 7) is 3.87. The van der Waals surface area contributed by atoms with Crippen LogP contribution in [0.15, 0.2) is 42.5 Å². The van der Waals surface area contributed by atoms with Crippen molar-refractivity contribution >= 4 is 17.5 Å². The first-order valence-electron chi connectivity index (χ1n) is 8.14. The summed E-state index contributed by atoms with van der Waals surface area (Å²) < 4.78 is 24.1. The molecule has 0 N–H and O–H groups in total. The Morgan fingerprint density at radius 3 is 2.60 bits per heavy atom. The fourth-order valence-electron chi connectivity index (χ4n) is 2.60. The molecule has 1 heterocycles. The van der Waals surface area contributed by atoms with Crippen molar-refractivity contribution < 1.29 is 18.7 Å². The molecule has 0 radical (unpaired) electrons. The van der Waals surface area contributed by atoms with Gasteiger partial charge in [-0.15, -0.1) is 0 Å². The van der Waals surface area contributed by atoms with E-state index < -0.39 is 0 Å². The number of amides is 1. The molecule has 132 valence electrons. The van der Waals surface area contributed by atoms with E-state index in [4.69, 9.17) is 21.1 Å². The lowest BCUT2D eigenvalue weighted by Crippen LogP contribution is -2.54. The molecule has 1 aliphatic heterocycles. The molecule has 0 aromatic heterocycles. The normalized spacial score (nSPS) is 14.3. The first-order valence-corrected chi connectivity index (χ1v) is 8.52. The first-order chi connectivity index (χ1) is 12.1. The van der Waals surface area contributed by atoms with Crippen molar-refractivity contribution in [2.45, 2.75) is 19.6 Å². The average molecular weight is 364 g/mol. The summed E-state index contributed by atoms with van der Waals surface area (Å²) in [5.74, 6) is 0.354. The molecule has 1 amide bonds. The highest BCUT2D eigenvalue weighted by molar-refractivity contribution is 6.31. The van der Waals surface area contributed by atoms with Crippen LogP contribution >= 0.6 is 11.6 Å². The molecule has 1 saturated heterocycles. The molecule has 3 rings (SSSR count). The number of ether oxygens (including phenoxy) is 2. The lowest BCUT2D eigenvalue weighted by molar-refractivity contribution is -0.0503. The number of likely N-dealkylation sites (tertiary alicyclic amines) is 1. The van der Waals surface area contributed by atoms with Gasteiger partial charge in [-0.2, -0.15) is 0 Å². The molecule has 0 atom stereocenters. The molecule has 1 fully saturated rings. The lowest BCUT2D eigenvalue weighted by atomic mass is 10.1. The van der Waals surface area contributed by atoms with Crippen molar-refractivity contribution in [3.63, 3.8) is 0 Å². The van der Waals surface area contributed by atoms with Crippen LogP contribution in [-0.2, 0) is 11.3 Å². The third-order valence-electron chi connectivity index (χ3n) is 4.04. The van der Waals surface area contributed by atoms with Gasteiger partial charge in [-0.05, 0) is 48.9 Å². The van der Waals surface area contributed by atoms with E-state index in [1.54, 1.807) is 35.2 Å². The average Bonchev–Trinajstić information content (AvgIpc) is 2.56. The smallest absolute Gasteiger partial charge is 0.254 e. The number of hydrogen-bond acceptors (Lipinski definition) is 3. The highest BCUT2D eigenvalue weighted by atomic mass is 35.5. The highest BCUT2D eigenvalue weighted by Gasteiger charge is 2.32. The summed E-state index contributed by atoms with van der Waals surface area (Å²) in [7, 11) is 0. The van der Waals surface area contributed by atoms with Crippen LogP contribution in [0, 0.1) is 5.82 Å². The summed E-state index contributed by atoms with van der Waals surface area (Å²) >= 11 is 5.97. The van der Waals surface area contributed by atoms with Crippen molar-refractivity contribution in [1.82, 2.24) is 4.90 Å². The van der Waals surface area contributed by atoms with Gasteiger partial charge in [0.1, 0.15) is 11.6 Å². The third-order valence-corrected chi connectivity index (χ3v) is 4.39. The summed E-state index contributed by atoms with van der Waals surface area (Å²) in [5, 5.41) is 0.349. The first kappa shape index (κ1) is 17.7. The van der Waals surface area contributed by atoms with E-state index in [2.05, 4.69) is 0 Å². The number of nitrogens with zero attached hydrogens (tertiary/aromatic N) is 1. The van der Waals surface area contributed by atoms with Gasteiger partial charge < -0.3 is 14.4 Å². The minimum atomic E-state index is -0.371. The van der Waals surface area contributed by atoms with Crippen LogP contribution in [0.4, 0.5) is 4.39 Å². The maximum atomic E-state index is 13.0. The summed E-state index contributed by atoms with van der Waals surface area (Å²) in [6, 6.07) is 11.3. The van der Waals surface area contributed by atoms with Gasteiger partial charge in [0.25, 0.3) is 5.91 Å². The second-order valence-corrected chi connectivity index (χ2v) is 6.24. The molecule has 0 unspecified atom stereocenters. The van der Waals surface area contributed by atoms with Crippen LogP contribution in [0.1, 0.15) is 22.8 Å². The second kappa shape index (κ2) is 7.85. The summed E-state index contributed by atoms with van der Waals surface area (Å²) in [4.78, 5) is 14.1. The molecule has 2 aromatic carbocycles. The number of hydrogen-bond donors (Lipinski definition) is 0. The molecule has 0 aliphatic carbocycles. The lowest BCUT2D eigenvalue weighted by Gasteiger charge is -2.39. The van der Waals surface area contributed by atoms with Crippen LogP contribution in [0.2, 0.25) is 5.02 Å². The number of carbonyl (C=O) groups excluding carboxylic acids is 1. The van der Waals surface area contributed by atoms with Gasteiger partial charge in [0, 0.05) is 23.7 Å². The number of benzene rings is 2. The Labute approximate surface area is 151 Å². The fraction of sp³-hybridized carbons (Fsp3) is 0.316. The van der Waals surface area contributed by atoms with Crippen LogP contribution in [0.3, 0.4) is 0 Å². The number of carbonyl (C=O) groups is 1. The van der Waals surface area contributed by atoms with Gasteiger partial charge in [0.2, 0.25) is 0 Å². The quantitative estimate of drug-likeness (QED) is 0.780. The highest BCUT2D eigenvalue weighted by Crippen LogP contribution is 2.22. The predicted octanol–water partition coefficient (Wildman–Crippen LogP) is 3.92. The SMILES string of the molecule is CCOc1ccc(C(=O)N2CC(OCc3ccc(F)cc3Cl)C2)cc1. The van der Waals surface area contributed by atoms with Crippen molar-refractivity contribution in [2.24, 2.45) is 0 Å². The van der Waals surface area contributed by atoms with E-state index >= 15 is 0 Å². The maximum Gasteiger partial charge on any atom is 0.254 e. The van der Waals surface area contributed by atoms with Gasteiger partial charge >= 0.3 is 0 Å². The van der Waals surface area contributed by atoms with Gasteiger partial charge in [-0.3, -0.25) is 4.79 Å². The van der Waals surface area contributed by atoms with E-state index in [1.165, 1.54) is 12.1 Å². The fourth-order valence-corrected chi connectivity index (χ4v) is 2.82. The Balaban J connectivity index is 1.47. The molecule has 0 bridgehead atoms. The monoisotopic (exact) mass is 363 g/mol. The maximum absolute atomic E-state index is 13.0. The minimum absolute atomic E-state index is 0.0253. The minimum Gasteiger partial charge on any atom is -0.494 e. The predicted molar refractivity (Wildman–Crippen MR) is 93.5 cm³/mol. The van der Waals surface area contributed by atoms with Crippen LogP contribution in [-0.4, -0.2) is 36.6 Å². The zero-order valence-electron chi connectivity index (χ0n) is 13.9. The molecule has 6 heteroatoms. The zero-order valence-corrected chi connectivity index (χ0v) is 14.6. The molecule has 4 nitrogen and oxygen atoms in total. The number of halogens is 2. The van der Waals surface area contributed by atoms with Gasteiger partial charge in [-0.25, -0.2) is 4.39 Å². The standard InChI is InChI=1S/C19H19ClFNO3/c1-2-24-16-7-4-13(5-8-16)19(23)22-10-17(11-22)25-12-14-3-6-15(21)9-18(14)20/h3-9,17H,2,10-12H2,1H3. The van der Waals surface area contributed by atoms with E-state index in [-0.39, 0.29) is 17.8 Å². The van der Waals surface area contributed by atoms with Crippen LogP contribution in [0.25, 0.3) is 0 Å². The second-order valence-electron chi connectivity index (χ2n) is 5.84. The largest absolute Gasteiger partial charge is 0.494 e. The Morgan fingerprint density at radius 1 is 1.24 bits per heavy atom. The Hall–Kier alpha value is -2.11. The molecule has 25 heavy (non-hydrogen) atoms. The van der Waals surface area contributed by atoms with Crippen molar-refractivity contribution in [3.8, 4) is 5.75 Å². The van der Waals surface area contributed by atoms with Crippen molar-refractivity contribution in [2.75, 3.05) is 19.7 Å². The molecule has 0 saturated carbocycles. The van der Waals surface area contributed by atoms with E-state index in [9.17, 15) is 9.18 Å². The molecule has 0 spiro atoms. The Kier molecular flexibility index (Phi) is 5.56. The molecular formula is C19H19ClFNO3. The van der Waals surface area contributed by atoms with E-state index in [1.807, 2.05) is 6.92 Å². The zero-order chi connectivity index (χ0) is 17.8. The molecule has 2 aromatic rings. The van der Waals surface area contributed by atoms with Crippen LogP contribution in [0.5, 0.6) is 5.75 Å². The topological polar surface area (TPSA) is 38.8 Å². The van der Waals surface area contributed by atoms with Crippen molar-refractivity contribution in [1.29, 1.82) is 0 Å².